The van der Waals surface area contributed by atoms with Crippen molar-refractivity contribution in [1.82, 2.24) is 14.7 Å². The highest BCUT2D eigenvalue weighted by Gasteiger charge is 2.46. The monoisotopic (exact) mass is 400 g/mol. The molecule has 0 aliphatic carbocycles. The molecule has 4 rings (SSSR count). The van der Waals surface area contributed by atoms with Crippen molar-refractivity contribution in [2.75, 3.05) is 65.4 Å². The number of nitrogens with zero attached hydrogens (tertiary/aromatic N) is 4. The van der Waals surface area contributed by atoms with Gasteiger partial charge in [0.2, 0.25) is 0 Å². The molecule has 2 saturated heterocycles. The van der Waals surface area contributed by atoms with Crippen molar-refractivity contribution in [1.29, 1.82) is 0 Å². The van der Waals surface area contributed by atoms with Crippen LogP contribution >= 0.6 is 0 Å². The number of para-hydroxylation sites is 1. The molecule has 158 valence electrons. The highest BCUT2D eigenvalue weighted by Crippen LogP contribution is 2.47. The van der Waals surface area contributed by atoms with Gasteiger partial charge in [-0.1, -0.05) is 18.2 Å². The molecular formula is C22H32N4O3. The van der Waals surface area contributed by atoms with E-state index < -0.39 is 0 Å². The van der Waals surface area contributed by atoms with Gasteiger partial charge in [-0.05, 0) is 49.9 Å². The number of hydrogen-bond acceptors (Lipinski definition) is 4. The van der Waals surface area contributed by atoms with E-state index in [9.17, 15) is 9.59 Å². The van der Waals surface area contributed by atoms with Crippen LogP contribution in [-0.4, -0.2) is 87.3 Å². The van der Waals surface area contributed by atoms with E-state index in [0.717, 1.165) is 64.2 Å². The van der Waals surface area contributed by atoms with E-state index in [0.29, 0.717) is 5.92 Å². The number of anilines is 1. The number of hydrogen-bond donors (Lipinski definition) is 0. The Labute approximate surface area is 173 Å². The predicted molar refractivity (Wildman–Crippen MR) is 112 cm³/mol. The number of fused-ring (bicyclic) bond motifs is 2. The lowest BCUT2D eigenvalue weighted by atomic mass is 9.74. The Bertz CT molecular complexity index is 773. The Morgan fingerprint density at radius 2 is 1.90 bits per heavy atom. The van der Waals surface area contributed by atoms with Gasteiger partial charge in [0.25, 0.3) is 0 Å². The largest absolute Gasteiger partial charge is 0.453 e. The van der Waals surface area contributed by atoms with Gasteiger partial charge in [-0.25, -0.2) is 9.59 Å². The zero-order chi connectivity index (χ0) is 20.6. The second-order valence-corrected chi connectivity index (χ2v) is 8.93. The Balaban J connectivity index is 1.40. The third kappa shape index (κ3) is 3.68. The van der Waals surface area contributed by atoms with E-state index in [2.05, 4.69) is 23.1 Å². The van der Waals surface area contributed by atoms with Gasteiger partial charge in [-0.3, -0.25) is 4.90 Å². The van der Waals surface area contributed by atoms with E-state index >= 15 is 0 Å². The van der Waals surface area contributed by atoms with E-state index in [4.69, 9.17) is 4.74 Å². The number of urea groups is 1. The quantitative estimate of drug-likeness (QED) is 0.766. The number of carbonyl (C=O) groups is 2. The maximum absolute atomic E-state index is 12.7. The van der Waals surface area contributed by atoms with E-state index in [1.165, 1.54) is 12.7 Å². The average molecular weight is 401 g/mol. The van der Waals surface area contributed by atoms with Crippen molar-refractivity contribution in [2.45, 2.75) is 24.7 Å². The van der Waals surface area contributed by atoms with Gasteiger partial charge in [0.15, 0.2) is 0 Å². The smallest absolute Gasteiger partial charge is 0.409 e. The fraction of sp³-hybridized carbons (Fsp3) is 0.636. The topological polar surface area (TPSA) is 56.3 Å². The lowest BCUT2D eigenvalue weighted by Gasteiger charge is -2.40. The zero-order valence-corrected chi connectivity index (χ0v) is 17.8. The molecule has 1 aromatic carbocycles. The van der Waals surface area contributed by atoms with Gasteiger partial charge in [-0.2, -0.15) is 0 Å². The highest BCUT2D eigenvalue weighted by atomic mass is 16.5. The van der Waals surface area contributed by atoms with Gasteiger partial charge in [0.1, 0.15) is 0 Å². The summed E-state index contributed by atoms with van der Waals surface area (Å²) >= 11 is 0. The van der Waals surface area contributed by atoms with Crippen molar-refractivity contribution in [3.05, 3.63) is 29.8 Å². The third-order valence-corrected chi connectivity index (χ3v) is 6.89. The van der Waals surface area contributed by atoms with Gasteiger partial charge >= 0.3 is 12.1 Å². The van der Waals surface area contributed by atoms with Crippen LogP contribution in [0.3, 0.4) is 0 Å². The number of benzene rings is 1. The standard InChI is InChI=1S/C22H32N4O3/c1-23(2)20(27)26-16-22(18-6-4-5-7-19(18)26)9-12-24(13-10-22)14-17-8-11-25(15-17)21(28)29-3/h4-7,17H,8-16H2,1-3H3/t17-/m0/s1. The number of ether oxygens (including phenoxy) is 1. The number of carbonyl (C=O) groups excluding carboxylic acids is 2. The van der Waals surface area contributed by atoms with Crippen molar-refractivity contribution in [3.63, 3.8) is 0 Å². The Hall–Kier alpha value is -2.28. The van der Waals surface area contributed by atoms with Crippen LogP contribution < -0.4 is 4.90 Å². The summed E-state index contributed by atoms with van der Waals surface area (Å²) in [6.07, 6.45) is 2.96. The summed E-state index contributed by atoms with van der Waals surface area (Å²) in [5.74, 6) is 0.519. The van der Waals surface area contributed by atoms with E-state index in [1.54, 1.807) is 4.90 Å². The number of likely N-dealkylation sites (tertiary alicyclic amines) is 2. The summed E-state index contributed by atoms with van der Waals surface area (Å²) in [7, 11) is 5.08. The number of amides is 3. The Morgan fingerprint density at radius 1 is 1.17 bits per heavy atom. The van der Waals surface area contributed by atoms with Crippen LogP contribution in [0.2, 0.25) is 0 Å². The molecule has 3 amide bonds. The molecule has 0 N–H and O–H groups in total. The van der Waals surface area contributed by atoms with Gasteiger partial charge in [0, 0.05) is 51.4 Å². The molecule has 0 unspecified atom stereocenters. The van der Waals surface area contributed by atoms with E-state index in [1.807, 2.05) is 30.0 Å². The number of piperidine rings is 1. The first kappa shape index (κ1) is 20.0. The van der Waals surface area contributed by atoms with Crippen molar-refractivity contribution in [3.8, 4) is 0 Å². The van der Waals surface area contributed by atoms with Crippen molar-refractivity contribution < 1.29 is 14.3 Å². The first-order chi connectivity index (χ1) is 13.9. The summed E-state index contributed by atoms with van der Waals surface area (Å²) < 4.78 is 4.85. The molecule has 1 aromatic rings. The molecule has 0 saturated carbocycles. The normalized spacial score (nSPS) is 23.3. The zero-order valence-electron chi connectivity index (χ0n) is 17.8. The maximum atomic E-state index is 12.7. The molecule has 2 fully saturated rings. The van der Waals surface area contributed by atoms with Crippen LogP contribution in [0.25, 0.3) is 0 Å². The second kappa shape index (κ2) is 7.86. The minimum absolute atomic E-state index is 0.0608. The lowest BCUT2D eigenvalue weighted by molar-refractivity contribution is 0.125. The fourth-order valence-corrected chi connectivity index (χ4v) is 5.28. The molecule has 1 atom stereocenters. The molecule has 1 spiro atoms. The minimum atomic E-state index is -0.210. The first-order valence-corrected chi connectivity index (χ1v) is 10.6. The number of rotatable bonds is 2. The van der Waals surface area contributed by atoms with Gasteiger partial charge < -0.3 is 19.4 Å². The minimum Gasteiger partial charge on any atom is -0.453 e. The molecule has 7 heteroatoms. The molecular weight excluding hydrogens is 368 g/mol. The SMILES string of the molecule is COC(=O)N1CC[C@@H](CN2CCC3(CC2)CN(C(=O)N(C)C)c2ccccc23)C1. The molecule has 7 nitrogen and oxygen atoms in total. The molecule has 0 bridgehead atoms. The van der Waals surface area contributed by atoms with Gasteiger partial charge in [-0.15, -0.1) is 0 Å². The van der Waals surface area contributed by atoms with Crippen LogP contribution in [0.15, 0.2) is 24.3 Å². The average Bonchev–Trinajstić information content (AvgIpc) is 3.32. The summed E-state index contributed by atoms with van der Waals surface area (Å²) in [5, 5.41) is 0. The summed E-state index contributed by atoms with van der Waals surface area (Å²) in [6.45, 7) is 5.47. The van der Waals surface area contributed by atoms with Gasteiger partial charge in [0.05, 0.1) is 7.11 Å². The maximum Gasteiger partial charge on any atom is 0.409 e. The van der Waals surface area contributed by atoms with Crippen LogP contribution in [0, 0.1) is 5.92 Å². The van der Waals surface area contributed by atoms with Crippen molar-refractivity contribution >= 4 is 17.8 Å². The summed E-state index contributed by atoms with van der Waals surface area (Å²) in [4.78, 5) is 32.4. The predicted octanol–water partition coefficient (Wildman–Crippen LogP) is 2.61. The Kier molecular flexibility index (Phi) is 5.42. The molecule has 3 heterocycles. The number of methoxy groups -OCH3 is 1. The van der Waals surface area contributed by atoms with Crippen LogP contribution in [0.4, 0.5) is 15.3 Å². The summed E-state index contributed by atoms with van der Waals surface area (Å²) in [5.41, 5.74) is 2.46. The van der Waals surface area contributed by atoms with Crippen molar-refractivity contribution in [2.24, 2.45) is 5.92 Å². The third-order valence-electron chi connectivity index (χ3n) is 6.89. The lowest BCUT2D eigenvalue weighted by Crippen LogP contribution is -2.48. The fourth-order valence-electron chi connectivity index (χ4n) is 5.28. The van der Waals surface area contributed by atoms with Crippen LogP contribution in [0.1, 0.15) is 24.8 Å². The van der Waals surface area contributed by atoms with Crippen LogP contribution in [0.5, 0.6) is 0 Å². The highest BCUT2D eigenvalue weighted by molar-refractivity contribution is 5.95. The molecule has 0 radical (unpaired) electrons. The summed E-state index contributed by atoms with van der Waals surface area (Å²) in [6, 6.07) is 8.47. The molecule has 3 aliphatic rings. The second-order valence-electron chi connectivity index (χ2n) is 8.93. The molecule has 29 heavy (non-hydrogen) atoms. The Morgan fingerprint density at radius 3 is 2.59 bits per heavy atom. The molecule has 0 aromatic heterocycles. The van der Waals surface area contributed by atoms with E-state index in [-0.39, 0.29) is 17.5 Å². The first-order valence-electron chi connectivity index (χ1n) is 10.6. The molecule has 3 aliphatic heterocycles. The van der Waals surface area contributed by atoms with Crippen LogP contribution in [-0.2, 0) is 10.2 Å².